The van der Waals surface area contributed by atoms with E-state index in [0.29, 0.717) is 10.7 Å². The van der Waals surface area contributed by atoms with Crippen LogP contribution in [0.4, 0.5) is 5.69 Å². The maximum absolute atomic E-state index is 11.3. The van der Waals surface area contributed by atoms with Crippen molar-refractivity contribution in [3.63, 3.8) is 0 Å². The van der Waals surface area contributed by atoms with Crippen LogP contribution in [0.25, 0.3) is 0 Å². The number of thioether (sulfide) groups is 1. The van der Waals surface area contributed by atoms with Crippen molar-refractivity contribution in [3.8, 4) is 0 Å². The smallest absolute Gasteiger partial charge is 0.240 e. The highest BCUT2D eigenvalue weighted by Crippen LogP contribution is 2.29. The van der Waals surface area contributed by atoms with Crippen molar-refractivity contribution >= 4 is 29.3 Å². The fourth-order valence-corrected chi connectivity index (χ4v) is 2.26. The Balaban J connectivity index is 2.13. The van der Waals surface area contributed by atoms with Gasteiger partial charge in [-0.2, -0.15) is 0 Å². The lowest BCUT2D eigenvalue weighted by molar-refractivity contribution is -0.124. The largest absolute Gasteiger partial charge is 0.397 e. The molecular weight excluding hydrogens is 214 g/mol. The highest BCUT2D eigenvalue weighted by molar-refractivity contribution is 8.00. The topological polar surface area (TPSA) is 85.1 Å². The monoisotopic (exact) mass is 223 g/mol. The molecule has 0 bridgehead atoms. The number of rotatable bonds is 2. The zero-order valence-corrected chi connectivity index (χ0v) is 8.58. The molecule has 0 radical (unpaired) electrons. The number of hydrogen-bond donors (Lipinski definition) is 2. The minimum absolute atomic E-state index is 0.194. The lowest BCUT2D eigenvalue weighted by atomic mass is 10.4. The van der Waals surface area contributed by atoms with Crippen LogP contribution in [0.5, 0.6) is 0 Å². The zero-order chi connectivity index (χ0) is 10.8. The Labute approximate surface area is 90.4 Å². The fraction of sp³-hybridized carbons (Fsp3) is 0.222. The van der Waals surface area contributed by atoms with Crippen molar-refractivity contribution in [1.82, 2.24) is 10.3 Å². The van der Waals surface area contributed by atoms with Crippen LogP contribution in [-0.4, -0.2) is 22.0 Å². The van der Waals surface area contributed by atoms with Crippen LogP contribution < -0.4 is 11.1 Å². The molecule has 2 heterocycles. The maximum Gasteiger partial charge on any atom is 0.240 e. The molecule has 78 valence electrons. The standard InChI is InChI=1S/C9H9N3O2S/c10-5-2-1-3-11-9(5)15-6-4-7(13)12-8(6)14/h1-3,6H,4,10H2,(H,12,13,14). The molecule has 6 heteroatoms. The van der Waals surface area contributed by atoms with Gasteiger partial charge in [-0.1, -0.05) is 11.8 Å². The Morgan fingerprint density at radius 1 is 1.53 bits per heavy atom. The number of nitrogens with two attached hydrogens (primary N) is 1. The molecule has 1 aliphatic rings. The predicted octanol–water partition coefficient (Wildman–Crippen LogP) is 0.171. The number of hydrogen-bond acceptors (Lipinski definition) is 5. The van der Waals surface area contributed by atoms with Crippen molar-refractivity contribution in [2.75, 3.05) is 5.73 Å². The number of nitrogens with one attached hydrogen (secondary N) is 1. The van der Waals surface area contributed by atoms with Crippen LogP contribution in [0.15, 0.2) is 23.4 Å². The molecule has 1 unspecified atom stereocenters. The Bertz CT molecular complexity index is 422. The predicted molar refractivity (Wildman–Crippen MR) is 56.1 cm³/mol. The molecule has 0 saturated carbocycles. The summed E-state index contributed by atoms with van der Waals surface area (Å²) in [6.45, 7) is 0. The molecular formula is C9H9N3O2S. The lowest BCUT2D eigenvalue weighted by Gasteiger charge is -2.06. The molecule has 1 aromatic rings. The van der Waals surface area contributed by atoms with Gasteiger partial charge in [0.2, 0.25) is 11.8 Å². The quantitative estimate of drug-likeness (QED) is 0.698. The third-order valence-corrected chi connectivity index (χ3v) is 3.21. The molecule has 1 atom stereocenters. The summed E-state index contributed by atoms with van der Waals surface area (Å²) in [5.41, 5.74) is 6.20. The molecule has 5 nitrogen and oxygen atoms in total. The normalized spacial score (nSPS) is 20.4. The van der Waals surface area contributed by atoms with E-state index in [4.69, 9.17) is 5.73 Å². The number of carbonyl (C=O) groups is 2. The summed E-state index contributed by atoms with van der Waals surface area (Å²) in [6.07, 6.45) is 1.80. The number of pyridine rings is 1. The van der Waals surface area contributed by atoms with E-state index in [9.17, 15) is 9.59 Å². The SMILES string of the molecule is Nc1cccnc1SC1CC(=O)NC1=O. The molecule has 1 aliphatic heterocycles. The van der Waals surface area contributed by atoms with Crippen LogP contribution in [-0.2, 0) is 9.59 Å². The summed E-state index contributed by atoms with van der Waals surface area (Å²) in [5, 5.41) is 2.42. The van der Waals surface area contributed by atoms with Crippen LogP contribution in [0.1, 0.15) is 6.42 Å². The van der Waals surface area contributed by atoms with Gasteiger partial charge in [0.15, 0.2) is 0 Å². The summed E-state index contributed by atoms with van der Waals surface area (Å²) < 4.78 is 0. The number of nitrogen functional groups attached to an aromatic ring is 1. The number of nitrogens with zero attached hydrogens (tertiary/aromatic N) is 1. The van der Waals surface area contributed by atoms with Gasteiger partial charge in [0.1, 0.15) is 5.03 Å². The van der Waals surface area contributed by atoms with Gasteiger partial charge in [0.25, 0.3) is 0 Å². The summed E-state index contributed by atoms with van der Waals surface area (Å²) >= 11 is 1.22. The summed E-state index contributed by atoms with van der Waals surface area (Å²) in [6, 6.07) is 3.43. The van der Waals surface area contributed by atoms with Gasteiger partial charge >= 0.3 is 0 Å². The Hall–Kier alpha value is -1.56. The second-order valence-electron chi connectivity index (χ2n) is 3.12. The molecule has 1 aromatic heterocycles. The average molecular weight is 223 g/mol. The first-order valence-electron chi connectivity index (χ1n) is 4.37. The molecule has 2 rings (SSSR count). The van der Waals surface area contributed by atoms with Gasteiger partial charge < -0.3 is 5.73 Å². The molecule has 1 saturated heterocycles. The van der Waals surface area contributed by atoms with Gasteiger partial charge in [-0.25, -0.2) is 4.98 Å². The molecule has 0 aromatic carbocycles. The van der Waals surface area contributed by atoms with Crippen LogP contribution in [0.3, 0.4) is 0 Å². The summed E-state index contributed by atoms with van der Waals surface area (Å²) in [5.74, 6) is -0.512. The average Bonchev–Trinajstić information content (AvgIpc) is 2.49. The number of anilines is 1. The minimum Gasteiger partial charge on any atom is -0.397 e. The van der Waals surface area contributed by atoms with Gasteiger partial charge in [0.05, 0.1) is 10.9 Å². The van der Waals surface area contributed by atoms with E-state index < -0.39 is 5.25 Å². The molecule has 0 aliphatic carbocycles. The van der Waals surface area contributed by atoms with Crippen molar-refractivity contribution < 1.29 is 9.59 Å². The van der Waals surface area contributed by atoms with E-state index in [0.717, 1.165) is 0 Å². The van der Waals surface area contributed by atoms with Crippen LogP contribution in [0.2, 0.25) is 0 Å². The van der Waals surface area contributed by atoms with Gasteiger partial charge in [-0.05, 0) is 12.1 Å². The summed E-state index contributed by atoms with van der Waals surface area (Å²) in [7, 11) is 0. The van der Waals surface area contributed by atoms with Crippen molar-refractivity contribution in [2.24, 2.45) is 0 Å². The van der Waals surface area contributed by atoms with Crippen molar-refractivity contribution in [3.05, 3.63) is 18.3 Å². The van der Waals surface area contributed by atoms with Gasteiger partial charge in [-0.3, -0.25) is 14.9 Å². The first-order valence-corrected chi connectivity index (χ1v) is 5.25. The van der Waals surface area contributed by atoms with Gasteiger partial charge in [-0.15, -0.1) is 0 Å². The highest BCUT2D eigenvalue weighted by atomic mass is 32.2. The van der Waals surface area contributed by atoms with Crippen LogP contribution in [0, 0.1) is 0 Å². The third kappa shape index (κ3) is 2.10. The zero-order valence-electron chi connectivity index (χ0n) is 7.77. The van der Waals surface area contributed by atoms with Gasteiger partial charge in [0, 0.05) is 12.6 Å². The van der Waals surface area contributed by atoms with E-state index in [2.05, 4.69) is 10.3 Å². The maximum atomic E-state index is 11.3. The number of amides is 2. The van der Waals surface area contributed by atoms with E-state index >= 15 is 0 Å². The molecule has 0 spiro atoms. The number of aromatic nitrogens is 1. The van der Waals surface area contributed by atoms with Crippen LogP contribution >= 0.6 is 11.8 Å². The van der Waals surface area contributed by atoms with Crippen molar-refractivity contribution in [2.45, 2.75) is 16.7 Å². The first-order chi connectivity index (χ1) is 7.16. The Kier molecular flexibility index (Phi) is 2.59. The van der Waals surface area contributed by atoms with E-state index in [1.165, 1.54) is 11.8 Å². The van der Waals surface area contributed by atoms with Crippen molar-refractivity contribution in [1.29, 1.82) is 0 Å². The third-order valence-electron chi connectivity index (χ3n) is 1.98. The first kappa shape index (κ1) is 9.97. The summed E-state index contributed by atoms with van der Waals surface area (Å²) in [4.78, 5) is 26.3. The highest BCUT2D eigenvalue weighted by Gasteiger charge is 2.31. The molecule has 15 heavy (non-hydrogen) atoms. The number of imide groups is 1. The Morgan fingerprint density at radius 3 is 2.93 bits per heavy atom. The second-order valence-corrected chi connectivity index (χ2v) is 4.31. The fourth-order valence-electron chi connectivity index (χ4n) is 1.26. The van der Waals surface area contributed by atoms with E-state index in [-0.39, 0.29) is 18.2 Å². The lowest BCUT2D eigenvalue weighted by Crippen LogP contribution is -2.23. The minimum atomic E-state index is -0.408. The second kappa shape index (κ2) is 3.90. The molecule has 2 amide bonds. The Morgan fingerprint density at radius 2 is 2.33 bits per heavy atom. The number of carbonyl (C=O) groups excluding carboxylic acids is 2. The molecule has 1 fully saturated rings. The van der Waals surface area contributed by atoms with E-state index in [1.54, 1.807) is 18.3 Å². The van der Waals surface area contributed by atoms with E-state index in [1.807, 2.05) is 0 Å². The molecule has 3 N–H and O–H groups in total.